The van der Waals surface area contributed by atoms with E-state index in [2.05, 4.69) is 10.6 Å². The van der Waals surface area contributed by atoms with Gasteiger partial charge in [0.25, 0.3) is 0 Å². The van der Waals surface area contributed by atoms with Gasteiger partial charge in [0.15, 0.2) is 0 Å². The molecule has 0 amide bonds. The summed E-state index contributed by atoms with van der Waals surface area (Å²) in [4.78, 5) is 10.8. The van der Waals surface area contributed by atoms with Crippen molar-refractivity contribution in [2.45, 2.75) is 0 Å². The number of carboxylic acids is 1. The molecule has 0 aliphatic rings. The first-order valence-corrected chi connectivity index (χ1v) is 3.80. The van der Waals surface area contributed by atoms with Crippen LogP contribution in [0.3, 0.4) is 0 Å². The Kier molecular flexibility index (Phi) is 3.01. The first-order chi connectivity index (χ1) is 6.59. The van der Waals surface area contributed by atoms with Crippen LogP contribution in [0.4, 0.5) is 5.69 Å². The monoisotopic (exact) mass is 195 g/mol. The summed E-state index contributed by atoms with van der Waals surface area (Å²) in [5, 5.41) is 22.3. The van der Waals surface area contributed by atoms with Crippen LogP contribution in [-0.4, -0.2) is 23.0 Å². The molecule has 2 N–H and O–H groups in total. The van der Waals surface area contributed by atoms with Crippen molar-refractivity contribution in [1.29, 1.82) is 0 Å². The van der Waals surface area contributed by atoms with Crippen LogP contribution in [0.1, 0.15) is 10.4 Å². The molecule has 14 heavy (non-hydrogen) atoms. The third-order valence-corrected chi connectivity index (χ3v) is 1.45. The smallest absolute Gasteiger partial charge is 0.335 e. The summed E-state index contributed by atoms with van der Waals surface area (Å²) >= 11 is 0. The Morgan fingerprint density at radius 1 is 1.50 bits per heavy atom. The summed E-state index contributed by atoms with van der Waals surface area (Å²) in [6, 6.07) is 5.89. The fourth-order valence-electron chi connectivity index (χ4n) is 0.815. The number of carboxylic acid groups (broad SMARTS) is 1. The number of rotatable bonds is 3. The number of hydrogen-bond acceptors (Lipinski definition) is 3. The minimum atomic E-state index is -0.991. The largest absolute Gasteiger partial charge is 0.696 e. The van der Waals surface area contributed by atoms with Crippen molar-refractivity contribution in [3.63, 3.8) is 0 Å². The molecule has 0 atom stereocenters. The van der Waals surface area contributed by atoms with Gasteiger partial charge in [-0.05, 0) is 24.3 Å². The van der Waals surface area contributed by atoms with Crippen LogP contribution in [0.5, 0.6) is 0 Å². The lowest BCUT2D eigenvalue weighted by atomic mass is 10.2. The number of nitrogens with one attached hydrogen (secondary N) is 1. The predicted octanol–water partition coefficient (Wildman–Crippen LogP) is 1.30. The maximum atomic E-state index is 10.5. The summed E-state index contributed by atoms with van der Waals surface area (Å²) < 4.78 is 0. The van der Waals surface area contributed by atoms with Crippen molar-refractivity contribution < 1.29 is 14.8 Å². The molecule has 0 aliphatic heterocycles. The van der Waals surface area contributed by atoms with Crippen LogP contribution in [0.25, 0.3) is 0 Å². The molecule has 0 aromatic heterocycles. The van der Waals surface area contributed by atoms with E-state index in [0.29, 0.717) is 10.5 Å². The highest BCUT2D eigenvalue weighted by Gasteiger charge is 2.02. The molecule has 0 spiro atoms. The predicted molar refractivity (Wildman–Crippen MR) is 49.0 cm³/mol. The summed E-state index contributed by atoms with van der Waals surface area (Å²) in [6.45, 7) is 0. The molecule has 74 valence electrons. The zero-order valence-electron chi connectivity index (χ0n) is 7.47. The summed E-state index contributed by atoms with van der Waals surface area (Å²) in [5.74, 6) is -0.991. The molecule has 0 radical (unpaired) electrons. The van der Waals surface area contributed by atoms with Gasteiger partial charge in [-0.2, -0.15) is 4.86 Å². The molecule has 0 bridgehead atoms. The number of aromatic carboxylic acids is 1. The third-order valence-electron chi connectivity index (χ3n) is 1.45. The SMILES string of the molecule is C[N+]([O-])=NNc1ccc(C(=O)O)cc1. The fourth-order valence-corrected chi connectivity index (χ4v) is 0.815. The molecule has 0 saturated heterocycles. The Labute approximate surface area is 80.0 Å². The number of benzene rings is 1. The first kappa shape index (κ1) is 9.97. The van der Waals surface area contributed by atoms with E-state index in [4.69, 9.17) is 5.11 Å². The van der Waals surface area contributed by atoms with Crippen molar-refractivity contribution in [2.75, 3.05) is 12.5 Å². The van der Waals surface area contributed by atoms with Gasteiger partial charge in [0.1, 0.15) is 12.7 Å². The minimum absolute atomic E-state index is 0.186. The number of carbonyl (C=O) groups is 1. The van der Waals surface area contributed by atoms with E-state index in [0.717, 1.165) is 0 Å². The van der Waals surface area contributed by atoms with E-state index < -0.39 is 5.97 Å². The van der Waals surface area contributed by atoms with Gasteiger partial charge in [-0.15, -0.1) is 5.43 Å². The fraction of sp³-hybridized carbons (Fsp3) is 0.125. The molecule has 0 heterocycles. The van der Waals surface area contributed by atoms with Crippen molar-refractivity contribution >= 4 is 11.7 Å². The average molecular weight is 195 g/mol. The second kappa shape index (κ2) is 4.22. The highest BCUT2D eigenvalue weighted by Crippen LogP contribution is 2.09. The van der Waals surface area contributed by atoms with Crippen LogP contribution < -0.4 is 5.43 Å². The van der Waals surface area contributed by atoms with Crippen LogP contribution in [0, 0.1) is 5.21 Å². The van der Waals surface area contributed by atoms with Gasteiger partial charge >= 0.3 is 5.97 Å². The van der Waals surface area contributed by atoms with Crippen molar-refractivity contribution in [2.24, 2.45) is 5.22 Å². The molecule has 6 nitrogen and oxygen atoms in total. The lowest BCUT2D eigenvalue weighted by Crippen LogP contribution is -1.98. The lowest BCUT2D eigenvalue weighted by molar-refractivity contribution is -0.497. The zero-order chi connectivity index (χ0) is 10.6. The Morgan fingerprint density at radius 3 is 2.50 bits per heavy atom. The summed E-state index contributed by atoms with van der Waals surface area (Å²) in [6.07, 6.45) is 0. The molecule has 0 fully saturated rings. The van der Waals surface area contributed by atoms with E-state index in [1.54, 1.807) is 0 Å². The van der Waals surface area contributed by atoms with Gasteiger partial charge in [0, 0.05) is 0 Å². The van der Waals surface area contributed by atoms with E-state index in [-0.39, 0.29) is 5.56 Å². The second-order valence-electron chi connectivity index (χ2n) is 2.56. The quantitative estimate of drug-likeness (QED) is 0.432. The highest BCUT2D eigenvalue weighted by molar-refractivity contribution is 5.87. The van der Waals surface area contributed by atoms with Gasteiger partial charge in [-0.25, -0.2) is 4.79 Å². The Balaban J connectivity index is 2.74. The van der Waals surface area contributed by atoms with E-state index in [9.17, 15) is 10.0 Å². The summed E-state index contributed by atoms with van der Waals surface area (Å²) in [7, 11) is 1.23. The minimum Gasteiger partial charge on any atom is -0.696 e. The van der Waals surface area contributed by atoms with E-state index in [1.165, 1.54) is 31.3 Å². The topological polar surface area (TPSA) is 87.8 Å². The van der Waals surface area contributed by atoms with Crippen LogP contribution in [-0.2, 0) is 0 Å². The number of hydrogen-bond donors (Lipinski definition) is 2. The number of anilines is 1. The lowest BCUT2D eigenvalue weighted by Gasteiger charge is -1.98. The van der Waals surface area contributed by atoms with Gasteiger partial charge in [-0.3, -0.25) is 0 Å². The van der Waals surface area contributed by atoms with Gasteiger partial charge in [0.05, 0.1) is 10.8 Å². The third kappa shape index (κ3) is 2.74. The Bertz CT molecular complexity index is 355. The first-order valence-electron chi connectivity index (χ1n) is 3.80. The van der Waals surface area contributed by atoms with Gasteiger partial charge in [0.2, 0.25) is 0 Å². The standard InChI is InChI=1S/C8H9N3O3/c1-11(14)10-9-7-4-2-6(3-5-7)8(12)13/h2-5,9H,1H3,(H,12,13). The maximum absolute atomic E-state index is 10.5. The number of hydroxylamine groups is 1. The zero-order valence-corrected chi connectivity index (χ0v) is 7.47. The van der Waals surface area contributed by atoms with Crippen molar-refractivity contribution in [1.82, 2.24) is 0 Å². The van der Waals surface area contributed by atoms with Crippen LogP contribution in [0.15, 0.2) is 29.5 Å². The van der Waals surface area contributed by atoms with Crippen LogP contribution in [0.2, 0.25) is 0 Å². The highest BCUT2D eigenvalue weighted by atomic mass is 16.5. The average Bonchev–Trinajstić information content (AvgIpc) is 2.15. The van der Waals surface area contributed by atoms with Crippen molar-refractivity contribution in [3.05, 3.63) is 35.0 Å². The Hall–Kier alpha value is -2.11. The molecule has 0 saturated carbocycles. The summed E-state index contributed by atoms with van der Waals surface area (Å²) in [5.41, 5.74) is 3.20. The number of nitrogens with zero attached hydrogens (tertiary/aromatic N) is 2. The van der Waals surface area contributed by atoms with E-state index in [1.807, 2.05) is 0 Å². The molecule has 1 aromatic carbocycles. The van der Waals surface area contributed by atoms with Crippen LogP contribution >= 0.6 is 0 Å². The molecule has 1 rings (SSSR count). The van der Waals surface area contributed by atoms with Gasteiger partial charge < -0.3 is 10.3 Å². The second-order valence-corrected chi connectivity index (χ2v) is 2.56. The molecule has 0 unspecified atom stereocenters. The molecular weight excluding hydrogens is 186 g/mol. The maximum Gasteiger partial charge on any atom is 0.335 e. The van der Waals surface area contributed by atoms with Crippen molar-refractivity contribution in [3.8, 4) is 0 Å². The normalized spacial score (nSPS) is 11.1. The Morgan fingerprint density at radius 2 is 2.07 bits per heavy atom. The molecule has 1 aromatic rings. The van der Waals surface area contributed by atoms with Gasteiger partial charge in [-0.1, -0.05) is 0 Å². The molecule has 0 aliphatic carbocycles. The molecular formula is C8H9N3O3. The molecule has 6 heteroatoms. The van der Waals surface area contributed by atoms with E-state index >= 15 is 0 Å².